The van der Waals surface area contributed by atoms with E-state index in [9.17, 15) is 28.7 Å². The summed E-state index contributed by atoms with van der Waals surface area (Å²) in [5.41, 5.74) is 0.108. The molecule has 0 radical (unpaired) electrons. The quantitative estimate of drug-likeness (QED) is 0.807. The van der Waals surface area contributed by atoms with E-state index in [1.807, 2.05) is 6.07 Å². The van der Waals surface area contributed by atoms with Gasteiger partial charge >= 0.3 is 6.09 Å². The van der Waals surface area contributed by atoms with Gasteiger partial charge in [-0.05, 0) is 37.0 Å². The molecule has 1 aromatic rings. The number of hydrogen-bond acceptors (Lipinski definition) is 3. The van der Waals surface area contributed by atoms with Crippen LogP contribution in [0.2, 0.25) is 0 Å². The molecule has 2 N–H and O–H groups in total. The average Bonchev–Trinajstić information content (AvgIpc) is 3.28. The lowest BCUT2D eigenvalue weighted by molar-refractivity contribution is -0.137. The number of rotatable bonds is 5. The summed E-state index contributed by atoms with van der Waals surface area (Å²) in [6, 6.07) is 5.88. The highest BCUT2D eigenvalue weighted by Crippen LogP contribution is 2.45. The molecule has 1 aliphatic carbocycles. The largest absolute Gasteiger partial charge is 0.465 e. The van der Waals surface area contributed by atoms with Crippen LogP contribution in [-0.2, 0) is 11.2 Å². The minimum Gasteiger partial charge on any atom is -0.465 e. The van der Waals surface area contributed by atoms with Crippen LogP contribution < -0.4 is 5.32 Å². The van der Waals surface area contributed by atoms with Crippen molar-refractivity contribution < 1.29 is 23.5 Å². The normalized spacial score (nSPS) is 24.5. The molecule has 3 atom stereocenters. The van der Waals surface area contributed by atoms with Gasteiger partial charge in [0.05, 0.1) is 12.6 Å². The number of benzene rings is 1. The highest BCUT2D eigenvalue weighted by molar-refractivity contribution is 5.87. The molecule has 150 valence electrons. The second-order valence-electron chi connectivity index (χ2n) is 7.72. The van der Waals surface area contributed by atoms with Crippen molar-refractivity contribution in [1.29, 1.82) is 5.26 Å². The third-order valence-corrected chi connectivity index (χ3v) is 5.88. The molecular formula is C20H23F2N3O3. The fraction of sp³-hybridized carbons (Fsp3) is 0.550. The monoisotopic (exact) mass is 391 g/mol. The number of carbonyl (C=O) groups excluding carboxylic acids is 1. The fourth-order valence-corrected chi connectivity index (χ4v) is 4.57. The van der Waals surface area contributed by atoms with Gasteiger partial charge in [-0.15, -0.1) is 0 Å². The highest BCUT2D eigenvalue weighted by atomic mass is 19.1. The van der Waals surface area contributed by atoms with Gasteiger partial charge in [-0.3, -0.25) is 4.79 Å². The summed E-state index contributed by atoms with van der Waals surface area (Å²) < 4.78 is 27.1. The highest BCUT2D eigenvalue weighted by Gasteiger charge is 2.49. The van der Waals surface area contributed by atoms with Crippen LogP contribution in [0.5, 0.6) is 0 Å². The Morgan fingerprint density at radius 1 is 1.32 bits per heavy atom. The first kappa shape index (κ1) is 20.1. The Labute approximate surface area is 162 Å². The Morgan fingerprint density at radius 3 is 2.54 bits per heavy atom. The molecule has 1 saturated heterocycles. The first-order chi connectivity index (χ1) is 13.3. The summed E-state index contributed by atoms with van der Waals surface area (Å²) in [5.74, 6) is -0.929. The van der Waals surface area contributed by atoms with Gasteiger partial charge in [-0.1, -0.05) is 25.0 Å². The zero-order valence-corrected chi connectivity index (χ0v) is 15.4. The maximum Gasteiger partial charge on any atom is 0.405 e. The Bertz CT molecular complexity index is 772. The molecular weight excluding hydrogens is 368 g/mol. The molecule has 2 amide bonds. The van der Waals surface area contributed by atoms with Gasteiger partial charge in [0.2, 0.25) is 5.91 Å². The number of halogens is 2. The Hall–Kier alpha value is -2.69. The summed E-state index contributed by atoms with van der Waals surface area (Å²) in [7, 11) is 0. The van der Waals surface area contributed by atoms with Crippen LogP contribution in [-0.4, -0.2) is 46.8 Å². The number of carbonyl (C=O) groups is 2. The molecule has 1 saturated carbocycles. The van der Waals surface area contributed by atoms with Crippen molar-refractivity contribution >= 4 is 12.0 Å². The third kappa shape index (κ3) is 4.08. The molecule has 2 aliphatic rings. The maximum absolute atomic E-state index is 13.8. The smallest absolute Gasteiger partial charge is 0.405 e. The molecule has 0 spiro atoms. The van der Waals surface area contributed by atoms with E-state index in [2.05, 4.69) is 5.32 Å². The van der Waals surface area contributed by atoms with Crippen molar-refractivity contribution in [3.8, 4) is 6.07 Å². The van der Waals surface area contributed by atoms with E-state index >= 15 is 0 Å². The topological polar surface area (TPSA) is 93.4 Å². The van der Waals surface area contributed by atoms with Gasteiger partial charge in [0.25, 0.3) is 0 Å². The average molecular weight is 391 g/mol. The van der Waals surface area contributed by atoms with Gasteiger partial charge < -0.3 is 15.3 Å². The molecule has 1 aromatic carbocycles. The molecule has 1 aliphatic heterocycles. The van der Waals surface area contributed by atoms with Crippen molar-refractivity contribution in [1.82, 2.24) is 10.2 Å². The number of hydrogen-bond donors (Lipinski definition) is 2. The van der Waals surface area contributed by atoms with E-state index in [1.165, 1.54) is 12.1 Å². The van der Waals surface area contributed by atoms with Crippen LogP contribution in [0.4, 0.5) is 13.6 Å². The predicted molar refractivity (Wildman–Crippen MR) is 96.6 cm³/mol. The van der Waals surface area contributed by atoms with Gasteiger partial charge in [-0.25, -0.2) is 13.6 Å². The number of likely N-dealkylation sites (tertiary alicyclic amines) is 1. The molecule has 28 heavy (non-hydrogen) atoms. The zero-order chi connectivity index (χ0) is 20.3. The van der Waals surface area contributed by atoms with Crippen molar-refractivity contribution in [3.05, 3.63) is 35.6 Å². The summed E-state index contributed by atoms with van der Waals surface area (Å²) in [4.78, 5) is 25.9. The third-order valence-electron chi connectivity index (χ3n) is 5.88. The molecule has 0 aromatic heterocycles. The van der Waals surface area contributed by atoms with Crippen LogP contribution in [0.15, 0.2) is 24.3 Å². The zero-order valence-electron chi connectivity index (χ0n) is 15.4. The molecule has 0 bridgehead atoms. The lowest BCUT2D eigenvalue weighted by Crippen LogP contribution is -2.57. The van der Waals surface area contributed by atoms with Gasteiger partial charge in [0.1, 0.15) is 24.1 Å². The van der Waals surface area contributed by atoms with Crippen LogP contribution in [0.1, 0.15) is 37.7 Å². The summed E-state index contributed by atoms with van der Waals surface area (Å²) >= 11 is 0. The van der Waals surface area contributed by atoms with Crippen molar-refractivity contribution in [2.45, 2.75) is 56.8 Å². The number of nitriles is 1. The van der Waals surface area contributed by atoms with Gasteiger partial charge in [0.15, 0.2) is 0 Å². The number of nitrogens with one attached hydrogen (secondary N) is 1. The van der Waals surface area contributed by atoms with E-state index in [-0.39, 0.29) is 18.8 Å². The first-order valence-corrected chi connectivity index (χ1v) is 9.43. The lowest BCUT2D eigenvalue weighted by atomic mass is 9.73. The van der Waals surface area contributed by atoms with Gasteiger partial charge in [0, 0.05) is 11.8 Å². The van der Waals surface area contributed by atoms with Crippen LogP contribution in [0.25, 0.3) is 0 Å². The summed E-state index contributed by atoms with van der Waals surface area (Å²) in [6.45, 7) is -0.207. The Morgan fingerprint density at radius 2 is 1.96 bits per heavy atom. The Kier molecular flexibility index (Phi) is 5.82. The van der Waals surface area contributed by atoms with Crippen molar-refractivity contribution in [2.24, 2.45) is 5.41 Å². The maximum atomic E-state index is 13.8. The predicted octanol–water partition coefficient (Wildman–Crippen LogP) is 3.03. The van der Waals surface area contributed by atoms with Crippen LogP contribution >= 0.6 is 0 Å². The van der Waals surface area contributed by atoms with E-state index in [1.54, 1.807) is 12.1 Å². The van der Waals surface area contributed by atoms with E-state index in [0.29, 0.717) is 19.3 Å². The van der Waals surface area contributed by atoms with Gasteiger partial charge in [-0.2, -0.15) is 5.26 Å². The second kappa shape index (κ2) is 8.13. The van der Waals surface area contributed by atoms with Crippen molar-refractivity contribution in [2.75, 3.05) is 6.54 Å². The summed E-state index contributed by atoms with van der Waals surface area (Å²) in [6.07, 6.45) is 0.598. The molecule has 3 rings (SSSR count). The molecule has 6 nitrogen and oxygen atoms in total. The van der Waals surface area contributed by atoms with E-state index in [0.717, 1.165) is 23.3 Å². The number of alkyl halides is 1. The lowest BCUT2D eigenvalue weighted by Gasteiger charge is -2.39. The SMILES string of the molecule is N#C[C@@H]1C[C@H](F)CN1C(=O)[C@@H](NC(=O)O)C1(Cc2ccc(F)cc2)CCCC1. The molecule has 0 unspecified atom stereocenters. The number of carboxylic acid groups (broad SMARTS) is 1. The minimum absolute atomic E-state index is 0.0625. The van der Waals surface area contributed by atoms with Crippen LogP contribution in [0, 0.1) is 22.6 Å². The van der Waals surface area contributed by atoms with Crippen LogP contribution in [0.3, 0.4) is 0 Å². The molecule has 8 heteroatoms. The van der Waals surface area contributed by atoms with E-state index in [4.69, 9.17) is 0 Å². The first-order valence-electron chi connectivity index (χ1n) is 9.43. The number of nitrogens with zero attached hydrogens (tertiary/aromatic N) is 2. The minimum atomic E-state index is -1.34. The fourth-order valence-electron chi connectivity index (χ4n) is 4.57. The Balaban J connectivity index is 1.93. The molecule has 1 heterocycles. The van der Waals surface area contributed by atoms with E-state index < -0.39 is 35.7 Å². The molecule has 2 fully saturated rings. The van der Waals surface area contributed by atoms with Crippen molar-refractivity contribution in [3.63, 3.8) is 0 Å². The summed E-state index contributed by atoms with van der Waals surface area (Å²) in [5, 5.41) is 21.0. The number of amides is 2. The standard InChI is InChI=1S/C20H23F2N3O3/c21-14-5-3-13(4-6-14)10-20(7-1-2-8-20)17(24-19(27)28)18(26)25-12-15(22)9-16(25)11-23/h3-6,15-17,24H,1-2,7-10,12H2,(H,27,28)/t15-,16-,17+/m0/s1. The second-order valence-corrected chi connectivity index (χ2v) is 7.72.